The molecule has 0 aromatic carbocycles. The van der Waals surface area contributed by atoms with E-state index >= 15 is 0 Å². The number of aryl methyl sites for hydroxylation is 2. The van der Waals surface area contributed by atoms with Gasteiger partial charge in [-0.2, -0.15) is 5.10 Å². The Balaban J connectivity index is 1.83. The van der Waals surface area contributed by atoms with Crippen LogP contribution in [0.3, 0.4) is 0 Å². The van der Waals surface area contributed by atoms with Crippen molar-refractivity contribution < 1.29 is 5.11 Å². The predicted molar refractivity (Wildman–Crippen MR) is 77.0 cm³/mol. The van der Waals surface area contributed by atoms with Crippen molar-refractivity contribution in [2.75, 3.05) is 6.54 Å². The standard InChI is InChI=1S/C15H27N3O/c1-3-13-9-14(18(4-2)17-13)11-16-10-12-7-5-6-8-15(12)19/h9,12,15-16,19H,3-8,10-11H2,1-2H3. The summed E-state index contributed by atoms with van der Waals surface area (Å²) in [5.41, 5.74) is 2.42. The number of aliphatic hydroxyl groups is 1. The summed E-state index contributed by atoms with van der Waals surface area (Å²) in [6, 6.07) is 2.19. The summed E-state index contributed by atoms with van der Waals surface area (Å²) >= 11 is 0. The molecule has 0 spiro atoms. The minimum atomic E-state index is -0.108. The minimum absolute atomic E-state index is 0.108. The summed E-state index contributed by atoms with van der Waals surface area (Å²) in [4.78, 5) is 0. The van der Waals surface area contributed by atoms with E-state index in [4.69, 9.17) is 0 Å². The Kier molecular flexibility index (Phi) is 5.40. The van der Waals surface area contributed by atoms with Crippen LogP contribution in [0.25, 0.3) is 0 Å². The van der Waals surface area contributed by atoms with E-state index in [-0.39, 0.29) is 6.10 Å². The fraction of sp³-hybridized carbons (Fsp3) is 0.800. The van der Waals surface area contributed by atoms with Gasteiger partial charge in [0.25, 0.3) is 0 Å². The molecule has 2 N–H and O–H groups in total. The van der Waals surface area contributed by atoms with Gasteiger partial charge in [0.15, 0.2) is 0 Å². The summed E-state index contributed by atoms with van der Waals surface area (Å²) in [5, 5.41) is 18.0. The van der Waals surface area contributed by atoms with Crippen molar-refractivity contribution in [2.45, 2.75) is 65.1 Å². The normalized spacial score (nSPS) is 23.7. The average Bonchev–Trinajstić information content (AvgIpc) is 2.83. The van der Waals surface area contributed by atoms with E-state index in [1.165, 1.54) is 18.5 Å². The van der Waals surface area contributed by atoms with Crippen LogP contribution < -0.4 is 5.32 Å². The zero-order chi connectivity index (χ0) is 13.7. The SMILES string of the molecule is CCc1cc(CNCC2CCCCC2O)n(CC)n1. The van der Waals surface area contributed by atoms with Gasteiger partial charge in [-0.3, -0.25) is 4.68 Å². The topological polar surface area (TPSA) is 50.1 Å². The number of aromatic nitrogens is 2. The fourth-order valence-electron chi connectivity index (χ4n) is 2.92. The van der Waals surface area contributed by atoms with Crippen LogP contribution >= 0.6 is 0 Å². The quantitative estimate of drug-likeness (QED) is 0.828. The van der Waals surface area contributed by atoms with Crippen LogP contribution in [-0.4, -0.2) is 27.5 Å². The molecule has 4 nitrogen and oxygen atoms in total. The van der Waals surface area contributed by atoms with E-state index in [1.54, 1.807) is 0 Å². The number of hydrogen-bond acceptors (Lipinski definition) is 3. The van der Waals surface area contributed by atoms with Gasteiger partial charge in [0.2, 0.25) is 0 Å². The van der Waals surface area contributed by atoms with Gasteiger partial charge in [0.05, 0.1) is 17.5 Å². The van der Waals surface area contributed by atoms with Crippen molar-refractivity contribution in [2.24, 2.45) is 5.92 Å². The molecular weight excluding hydrogens is 238 g/mol. The molecular formula is C15H27N3O. The Hall–Kier alpha value is -0.870. The van der Waals surface area contributed by atoms with Crippen LogP contribution in [0.5, 0.6) is 0 Å². The molecule has 0 saturated heterocycles. The Bertz CT molecular complexity index is 389. The largest absolute Gasteiger partial charge is 0.393 e. The maximum Gasteiger partial charge on any atom is 0.0625 e. The van der Waals surface area contributed by atoms with Crippen LogP contribution in [0.2, 0.25) is 0 Å². The summed E-state index contributed by atoms with van der Waals surface area (Å²) < 4.78 is 2.07. The zero-order valence-corrected chi connectivity index (χ0v) is 12.2. The van der Waals surface area contributed by atoms with E-state index in [0.717, 1.165) is 44.6 Å². The highest BCUT2D eigenvalue weighted by molar-refractivity contribution is 5.10. The molecule has 1 aliphatic rings. The monoisotopic (exact) mass is 265 g/mol. The molecule has 0 bridgehead atoms. The molecule has 19 heavy (non-hydrogen) atoms. The highest BCUT2D eigenvalue weighted by atomic mass is 16.3. The molecule has 1 heterocycles. The first-order valence-corrected chi connectivity index (χ1v) is 7.69. The van der Waals surface area contributed by atoms with E-state index < -0.39 is 0 Å². The maximum atomic E-state index is 9.95. The van der Waals surface area contributed by atoms with Crippen molar-refractivity contribution in [3.63, 3.8) is 0 Å². The second-order valence-electron chi connectivity index (χ2n) is 5.54. The molecule has 1 aliphatic carbocycles. The Labute approximate surface area is 116 Å². The van der Waals surface area contributed by atoms with Crippen molar-refractivity contribution in [1.82, 2.24) is 15.1 Å². The molecule has 1 fully saturated rings. The maximum absolute atomic E-state index is 9.95. The minimum Gasteiger partial charge on any atom is -0.393 e. The van der Waals surface area contributed by atoms with E-state index in [0.29, 0.717) is 5.92 Å². The van der Waals surface area contributed by atoms with Gasteiger partial charge in [-0.25, -0.2) is 0 Å². The third-order valence-corrected chi connectivity index (χ3v) is 4.16. The van der Waals surface area contributed by atoms with Crippen LogP contribution in [-0.2, 0) is 19.5 Å². The molecule has 0 amide bonds. The Morgan fingerprint density at radius 2 is 2.16 bits per heavy atom. The third kappa shape index (κ3) is 3.80. The summed E-state index contributed by atoms with van der Waals surface area (Å²) in [5.74, 6) is 0.428. The first kappa shape index (κ1) is 14.5. The third-order valence-electron chi connectivity index (χ3n) is 4.16. The highest BCUT2D eigenvalue weighted by Crippen LogP contribution is 2.23. The number of nitrogens with zero attached hydrogens (tertiary/aromatic N) is 2. The molecule has 1 aromatic heterocycles. The lowest BCUT2D eigenvalue weighted by Crippen LogP contribution is -2.33. The molecule has 0 radical (unpaired) electrons. The van der Waals surface area contributed by atoms with Gasteiger partial charge in [0, 0.05) is 19.6 Å². The van der Waals surface area contributed by atoms with Crippen molar-refractivity contribution in [1.29, 1.82) is 0 Å². The molecule has 2 atom stereocenters. The lowest BCUT2D eigenvalue weighted by molar-refractivity contribution is 0.0694. The van der Waals surface area contributed by atoms with Crippen LogP contribution in [0.15, 0.2) is 6.07 Å². The van der Waals surface area contributed by atoms with E-state index in [9.17, 15) is 5.11 Å². The van der Waals surface area contributed by atoms with Crippen LogP contribution in [0, 0.1) is 5.92 Å². The van der Waals surface area contributed by atoms with Gasteiger partial charge in [0.1, 0.15) is 0 Å². The van der Waals surface area contributed by atoms with Crippen LogP contribution in [0.1, 0.15) is 50.9 Å². The smallest absolute Gasteiger partial charge is 0.0625 e. The van der Waals surface area contributed by atoms with Crippen molar-refractivity contribution >= 4 is 0 Å². The molecule has 2 rings (SSSR count). The number of hydrogen-bond donors (Lipinski definition) is 2. The van der Waals surface area contributed by atoms with Crippen molar-refractivity contribution in [3.05, 3.63) is 17.5 Å². The summed E-state index contributed by atoms with van der Waals surface area (Å²) in [6.07, 6.45) is 5.45. The first-order valence-electron chi connectivity index (χ1n) is 7.69. The molecule has 108 valence electrons. The van der Waals surface area contributed by atoms with E-state index in [1.807, 2.05) is 0 Å². The highest BCUT2D eigenvalue weighted by Gasteiger charge is 2.22. The van der Waals surface area contributed by atoms with Gasteiger partial charge in [-0.1, -0.05) is 19.8 Å². The molecule has 0 aliphatic heterocycles. The molecule has 4 heteroatoms. The Morgan fingerprint density at radius 3 is 2.84 bits per heavy atom. The molecule has 1 saturated carbocycles. The van der Waals surface area contributed by atoms with Gasteiger partial charge in [-0.05, 0) is 38.2 Å². The summed E-state index contributed by atoms with van der Waals surface area (Å²) in [7, 11) is 0. The average molecular weight is 265 g/mol. The number of aliphatic hydroxyl groups excluding tert-OH is 1. The predicted octanol–water partition coefficient (Wildman–Crippen LogP) is 2.11. The zero-order valence-electron chi connectivity index (χ0n) is 12.2. The summed E-state index contributed by atoms with van der Waals surface area (Å²) in [6.45, 7) is 6.95. The number of rotatable bonds is 6. The molecule has 1 aromatic rings. The van der Waals surface area contributed by atoms with E-state index in [2.05, 4.69) is 35.0 Å². The fourth-order valence-corrected chi connectivity index (χ4v) is 2.92. The Morgan fingerprint density at radius 1 is 1.37 bits per heavy atom. The first-order chi connectivity index (χ1) is 9.24. The molecule has 2 unspecified atom stereocenters. The van der Waals surface area contributed by atoms with Crippen LogP contribution in [0.4, 0.5) is 0 Å². The second kappa shape index (κ2) is 7.06. The van der Waals surface area contributed by atoms with Gasteiger partial charge < -0.3 is 10.4 Å². The van der Waals surface area contributed by atoms with Gasteiger partial charge >= 0.3 is 0 Å². The second-order valence-corrected chi connectivity index (χ2v) is 5.54. The lowest BCUT2D eigenvalue weighted by Gasteiger charge is -2.27. The van der Waals surface area contributed by atoms with Crippen molar-refractivity contribution in [3.8, 4) is 0 Å². The number of nitrogens with one attached hydrogen (secondary N) is 1. The van der Waals surface area contributed by atoms with Gasteiger partial charge in [-0.15, -0.1) is 0 Å². The lowest BCUT2D eigenvalue weighted by atomic mass is 9.86.